The minimum absolute atomic E-state index is 0.0419. The number of carbonyl (C=O) groups excluding carboxylic acids is 2. The Morgan fingerprint density at radius 2 is 2.03 bits per heavy atom. The smallest absolute Gasteiger partial charge is 0.337 e. The van der Waals surface area contributed by atoms with E-state index in [2.05, 4.69) is 21.1 Å². The van der Waals surface area contributed by atoms with Gasteiger partial charge in [0.15, 0.2) is 11.5 Å². The van der Waals surface area contributed by atoms with Crippen molar-refractivity contribution in [2.24, 2.45) is 0 Å². The van der Waals surface area contributed by atoms with Gasteiger partial charge in [0.2, 0.25) is 12.7 Å². The molecule has 1 aliphatic heterocycles. The molecule has 9 heteroatoms. The third-order valence-corrected chi connectivity index (χ3v) is 5.29. The lowest BCUT2D eigenvalue weighted by atomic mass is 10.1. The minimum Gasteiger partial charge on any atom is -0.465 e. The van der Waals surface area contributed by atoms with Crippen LogP contribution in [-0.4, -0.2) is 36.5 Å². The first-order valence-electron chi connectivity index (χ1n) is 8.83. The summed E-state index contributed by atoms with van der Waals surface area (Å²) in [6, 6.07) is 13.8. The predicted octanol–water partition coefficient (Wildman–Crippen LogP) is 3.35. The van der Waals surface area contributed by atoms with Crippen LogP contribution in [0.25, 0.3) is 10.9 Å². The van der Waals surface area contributed by atoms with E-state index >= 15 is 0 Å². The van der Waals surface area contributed by atoms with Crippen molar-refractivity contribution >= 4 is 40.2 Å². The molecule has 0 saturated carbocycles. The Labute approximate surface area is 175 Å². The van der Waals surface area contributed by atoms with E-state index in [1.165, 1.54) is 13.2 Å². The molecular formula is C21H15N3O5S. The molecule has 0 atom stereocenters. The second-order valence-corrected chi connectivity index (χ2v) is 7.22. The second kappa shape index (κ2) is 8.31. The number of thioether (sulfide) groups is 1. The summed E-state index contributed by atoms with van der Waals surface area (Å²) >= 11 is 1.15. The van der Waals surface area contributed by atoms with E-state index in [-0.39, 0.29) is 18.5 Å². The number of carbonyl (C=O) groups is 2. The summed E-state index contributed by atoms with van der Waals surface area (Å²) in [6.45, 7) is 0.149. The fourth-order valence-electron chi connectivity index (χ4n) is 2.91. The Morgan fingerprint density at radius 1 is 1.23 bits per heavy atom. The number of nitrogens with one attached hydrogen (secondary N) is 1. The SMILES string of the molecule is COC(=O)c1cccc(NC(=O)CSc2nc3cc4c(cc3cc2C#N)OCO4)c1. The molecule has 8 nitrogen and oxygen atoms in total. The van der Waals surface area contributed by atoms with Crippen molar-refractivity contribution < 1.29 is 23.8 Å². The highest BCUT2D eigenvalue weighted by Gasteiger charge is 2.17. The summed E-state index contributed by atoms with van der Waals surface area (Å²) in [7, 11) is 1.29. The van der Waals surface area contributed by atoms with Crippen molar-refractivity contribution in [3.8, 4) is 17.6 Å². The van der Waals surface area contributed by atoms with Gasteiger partial charge < -0.3 is 19.5 Å². The van der Waals surface area contributed by atoms with Crippen molar-refractivity contribution in [2.45, 2.75) is 5.03 Å². The van der Waals surface area contributed by atoms with Crippen LogP contribution in [0.5, 0.6) is 11.5 Å². The summed E-state index contributed by atoms with van der Waals surface area (Å²) in [5, 5.41) is 13.4. The first-order valence-corrected chi connectivity index (χ1v) is 9.81. The van der Waals surface area contributed by atoms with Crippen LogP contribution in [0.4, 0.5) is 5.69 Å². The van der Waals surface area contributed by atoms with Crippen molar-refractivity contribution in [1.82, 2.24) is 4.98 Å². The van der Waals surface area contributed by atoms with Gasteiger partial charge in [0, 0.05) is 17.1 Å². The number of nitriles is 1. The number of benzene rings is 2. The number of ether oxygens (including phenoxy) is 3. The first kappa shape index (κ1) is 19.5. The zero-order valence-electron chi connectivity index (χ0n) is 15.8. The summed E-state index contributed by atoms with van der Waals surface area (Å²) in [6.07, 6.45) is 0. The summed E-state index contributed by atoms with van der Waals surface area (Å²) in [5.74, 6) is 0.472. The van der Waals surface area contributed by atoms with Gasteiger partial charge in [-0.25, -0.2) is 9.78 Å². The van der Waals surface area contributed by atoms with Crippen molar-refractivity contribution in [3.05, 3.63) is 53.6 Å². The number of rotatable bonds is 5. The second-order valence-electron chi connectivity index (χ2n) is 6.26. The Balaban J connectivity index is 1.49. The van der Waals surface area contributed by atoms with Gasteiger partial charge >= 0.3 is 5.97 Å². The third kappa shape index (κ3) is 3.99. The van der Waals surface area contributed by atoms with Gasteiger partial charge in [-0.05, 0) is 30.3 Å². The average Bonchev–Trinajstić information content (AvgIpc) is 3.22. The lowest BCUT2D eigenvalue weighted by Gasteiger charge is -2.08. The van der Waals surface area contributed by atoms with Gasteiger partial charge in [-0.3, -0.25) is 4.79 Å². The molecule has 0 saturated heterocycles. The minimum atomic E-state index is -0.486. The van der Waals surface area contributed by atoms with Crippen LogP contribution in [0.3, 0.4) is 0 Å². The van der Waals surface area contributed by atoms with E-state index in [0.29, 0.717) is 38.9 Å². The number of nitrogens with zero attached hydrogens (tertiary/aromatic N) is 2. The molecule has 1 N–H and O–H groups in total. The maximum absolute atomic E-state index is 12.4. The number of fused-ring (bicyclic) bond motifs is 2. The fourth-order valence-corrected chi connectivity index (χ4v) is 3.67. The normalized spacial score (nSPS) is 11.7. The Bertz CT molecular complexity index is 1210. The molecule has 0 aliphatic carbocycles. The lowest BCUT2D eigenvalue weighted by molar-refractivity contribution is -0.113. The Kier molecular flexibility index (Phi) is 5.41. The molecule has 2 heterocycles. The van der Waals surface area contributed by atoms with E-state index in [4.69, 9.17) is 9.47 Å². The van der Waals surface area contributed by atoms with Crippen LogP contribution in [0.2, 0.25) is 0 Å². The highest BCUT2D eigenvalue weighted by molar-refractivity contribution is 8.00. The maximum atomic E-state index is 12.4. The standard InChI is InChI=1S/C21H15N3O5S/c1-27-21(26)12-3-2-4-15(6-12)23-19(25)10-30-20-14(9-22)5-13-7-17-18(29-11-28-17)8-16(13)24-20/h2-8H,10-11H2,1H3,(H,23,25). The molecule has 0 spiro atoms. The summed E-state index contributed by atoms with van der Waals surface area (Å²) < 4.78 is 15.4. The fraction of sp³-hybridized carbons (Fsp3) is 0.143. The number of methoxy groups -OCH3 is 1. The topological polar surface area (TPSA) is 111 Å². The van der Waals surface area contributed by atoms with Crippen LogP contribution in [-0.2, 0) is 9.53 Å². The number of amides is 1. The van der Waals surface area contributed by atoms with Gasteiger partial charge in [0.25, 0.3) is 0 Å². The van der Waals surface area contributed by atoms with Crippen molar-refractivity contribution in [1.29, 1.82) is 5.26 Å². The van der Waals surface area contributed by atoms with Crippen LogP contribution in [0, 0.1) is 11.3 Å². The summed E-state index contributed by atoms with van der Waals surface area (Å²) in [4.78, 5) is 28.5. The molecular weight excluding hydrogens is 406 g/mol. The van der Waals surface area contributed by atoms with Gasteiger partial charge in [-0.1, -0.05) is 17.8 Å². The van der Waals surface area contributed by atoms with E-state index < -0.39 is 5.97 Å². The van der Waals surface area contributed by atoms with Crippen LogP contribution >= 0.6 is 11.8 Å². The quantitative estimate of drug-likeness (QED) is 0.493. The van der Waals surface area contributed by atoms with Gasteiger partial charge in [-0.15, -0.1) is 0 Å². The molecule has 0 unspecified atom stereocenters. The van der Waals surface area contributed by atoms with E-state index in [1.807, 2.05) is 0 Å². The average molecular weight is 421 g/mol. The summed E-state index contributed by atoms with van der Waals surface area (Å²) in [5.41, 5.74) is 1.83. The number of aromatic nitrogens is 1. The maximum Gasteiger partial charge on any atom is 0.337 e. The number of esters is 1. The molecule has 3 aromatic rings. The molecule has 0 fully saturated rings. The molecule has 4 rings (SSSR count). The largest absolute Gasteiger partial charge is 0.465 e. The number of hydrogen-bond acceptors (Lipinski definition) is 8. The predicted molar refractivity (Wildman–Crippen MR) is 110 cm³/mol. The third-order valence-electron chi connectivity index (χ3n) is 4.30. The lowest BCUT2D eigenvalue weighted by Crippen LogP contribution is -2.14. The molecule has 2 aromatic carbocycles. The molecule has 1 amide bonds. The van der Waals surface area contributed by atoms with Crippen LogP contribution in [0.15, 0.2) is 47.5 Å². The van der Waals surface area contributed by atoms with Crippen molar-refractivity contribution in [3.63, 3.8) is 0 Å². The van der Waals surface area contributed by atoms with Crippen LogP contribution < -0.4 is 14.8 Å². The van der Waals surface area contributed by atoms with Crippen LogP contribution in [0.1, 0.15) is 15.9 Å². The van der Waals surface area contributed by atoms with E-state index in [1.54, 1.807) is 36.4 Å². The van der Waals surface area contributed by atoms with Gasteiger partial charge in [0.05, 0.1) is 29.5 Å². The number of anilines is 1. The number of hydrogen-bond donors (Lipinski definition) is 1. The van der Waals surface area contributed by atoms with E-state index in [9.17, 15) is 14.9 Å². The highest BCUT2D eigenvalue weighted by atomic mass is 32.2. The zero-order valence-corrected chi connectivity index (χ0v) is 16.6. The molecule has 1 aliphatic rings. The van der Waals surface area contributed by atoms with Gasteiger partial charge in [0.1, 0.15) is 11.1 Å². The van der Waals surface area contributed by atoms with E-state index in [0.717, 1.165) is 17.1 Å². The Hall–Kier alpha value is -3.77. The zero-order chi connectivity index (χ0) is 21.1. The molecule has 0 bridgehead atoms. The molecule has 30 heavy (non-hydrogen) atoms. The first-order chi connectivity index (χ1) is 14.6. The monoisotopic (exact) mass is 421 g/mol. The van der Waals surface area contributed by atoms with Gasteiger partial charge in [-0.2, -0.15) is 5.26 Å². The van der Waals surface area contributed by atoms with Crippen molar-refractivity contribution in [2.75, 3.05) is 25.0 Å². The number of pyridine rings is 1. The molecule has 150 valence electrons. The molecule has 1 aromatic heterocycles. The molecule has 0 radical (unpaired) electrons. The Morgan fingerprint density at radius 3 is 2.80 bits per heavy atom. The highest BCUT2D eigenvalue weighted by Crippen LogP contribution is 2.37.